The summed E-state index contributed by atoms with van der Waals surface area (Å²) in [4.78, 5) is 10.2. The van der Waals surface area contributed by atoms with Gasteiger partial charge in [-0.25, -0.2) is 4.79 Å². The molecule has 4 nitrogen and oxygen atoms in total. The van der Waals surface area contributed by atoms with E-state index in [0.29, 0.717) is 12.0 Å². The molecule has 1 aromatic rings. The third-order valence-corrected chi connectivity index (χ3v) is 2.06. The van der Waals surface area contributed by atoms with Crippen LogP contribution in [0, 0.1) is 0 Å². The van der Waals surface area contributed by atoms with Gasteiger partial charge in [-0.2, -0.15) is 0 Å². The van der Waals surface area contributed by atoms with Gasteiger partial charge in [0.2, 0.25) is 0 Å². The first-order valence-electron chi connectivity index (χ1n) is 4.92. The summed E-state index contributed by atoms with van der Waals surface area (Å²) in [5, 5.41) is 25.7. The Kier molecular flexibility index (Phi) is 4.69. The minimum Gasteiger partial charge on any atom is -0.478 e. The Morgan fingerprint density at radius 3 is 1.81 bits per heavy atom. The number of hydrogen-bond acceptors (Lipinski definition) is 3. The zero-order valence-electron chi connectivity index (χ0n) is 8.65. The van der Waals surface area contributed by atoms with E-state index >= 15 is 0 Å². The molecule has 3 N–H and O–H groups in total. The molecule has 0 fully saturated rings. The lowest BCUT2D eigenvalue weighted by atomic mass is 10.2. The average Bonchev–Trinajstić information content (AvgIpc) is 2.65. The lowest BCUT2D eigenvalue weighted by Gasteiger charge is -1.96. The molecular weight excluding hydrogens is 208 g/mol. The van der Waals surface area contributed by atoms with Gasteiger partial charge >= 0.3 is 5.97 Å². The van der Waals surface area contributed by atoms with E-state index in [-0.39, 0.29) is 0 Å². The van der Waals surface area contributed by atoms with Crippen molar-refractivity contribution < 1.29 is 20.1 Å². The van der Waals surface area contributed by atoms with Crippen molar-refractivity contribution in [2.45, 2.75) is 18.6 Å². The van der Waals surface area contributed by atoms with Crippen LogP contribution < -0.4 is 0 Å². The van der Waals surface area contributed by atoms with Crippen LogP contribution in [-0.2, 0) is 0 Å². The maximum Gasteiger partial charge on any atom is 0.335 e. The number of aromatic carboxylic acids is 1. The summed E-state index contributed by atoms with van der Waals surface area (Å²) in [6.07, 6.45) is 2.86. The average molecular weight is 222 g/mol. The summed E-state index contributed by atoms with van der Waals surface area (Å²) >= 11 is 0. The van der Waals surface area contributed by atoms with Gasteiger partial charge in [0.15, 0.2) is 0 Å². The summed E-state index contributed by atoms with van der Waals surface area (Å²) < 4.78 is 0. The number of benzene rings is 1. The van der Waals surface area contributed by atoms with Gasteiger partial charge < -0.3 is 15.3 Å². The van der Waals surface area contributed by atoms with Gasteiger partial charge in [0.25, 0.3) is 0 Å². The highest BCUT2D eigenvalue weighted by atomic mass is 16.4. The summed E-state index contributed by atoms with van der Waals surface area (Å²) in [5.41, 5.74) is 0.331. The Hall–Kier alpha value is -1.65. The molecule has 2 atom stereocenters. The van der Waals surface area contributed by atoms with Crippen LogP contribution in [0.25, 0.3) is 0 Å². The van der Waals surface area contributed by atoms with Crippen LogP contribution in [0.15, 0.2) is 42.5 Å². The van der Waals surface area contributed by atoms with Gasteiger partial charge in [-0.05, 0) is 12.1 Å². The molecule has 0 radical (unpaired) electrons. The number of carbonyl (C=O) groups is 1. The van der Waals surface area contributed by atoms with E-state index in [2.05, 4.69) is 0 Å². The Morgan fingerprint density at radius 1 is 1.06 bits per heavy atom. The van der Waals surface area contributed by atoms with Crippen LogP contribution in [-0.4, -0.2) is 33.5 Å². The van der Waals surface area contributed by atoms with Gasteiger partial charge in [0, 0.05) is 6.42 Å². The highest BCUT2D eigenvalue weighted by molar-refractivity contribution is 5.87. The van der Waals surface area contributed by atoms with Crippen molar-refractivity contribution >= 4 is 5.97 Å². The topological polar surface area (TPSA) is 77.8 Å². The Bertz CT molecular complexity index is 349. The largest absolute Gasteiger partial charge is 0.478 e. The van der Waals surface area contributed by atoms with Crippen molar-refractivity contribution in [3.05, 3.63) is 48.0 Å². The molecule has 86 valence electrons. The molecule has 0 aromatic heterocycles. The van der Waals surface area contributed by atoms with Crippen molar-refractivity contribution in [2.75, 3.05) is 0 Å². The standard InChI is InChI=1S/C7H6O2.C5H8O2/c8-7(9)6-4-2-1-3-5-6;6-4-1-2-5(7)3-4/h1-5H,(H,8,9);1-2,4-7H,3H2/t;4-,5+. The quantitative estimate of drug-likeness (QED) is 0.621. The van der Waals surface area contributed by atoms with E-state index in [1.54, 1.807) is 42.5 Å². The van der Waals surface area contributed by atoms with Crippen LogP contribution in [0.1, 0.15) is 16.8 Å². The second-order valence-electron chi connectivity index (χ2n) is 3.43. The first-order valence-corrected chi connectivity index (χ1v) is 4.92. The smallest absolute Gasteiger partial charge is 0.335 e. The molecule has 0 unspecified atom stereocenters. The highest BCUT2D eigenvalue weighted by Crippen LogP contribution is 2.08. The van der Waals surface area contributed by atoms with Crippen LogP contribution in [0.3, 0.4) is 0 Å². The third-order valence-electron chi connectivity index (χ3n) is 2.06. The normalized spacial score (nSPS) is 22.4. The Labute approximate surface area is 93.5 Å². The van der Waals surface area contributed by atoms with Gasteiger partial charge in [-0.15, -0.1) is 0 Å². The predicted molar refractivity (Wildman–Crippen MR) is 59.2 cm³/mol. The second-order valence-corrected chi connectivity index (χ2v) is 3.43. The Morgan fingerprint density at radius 2 is 1.56 bits per heavy atom. The number of rotatable bonds is 1. The van der Waals surface area contributed by atoms with E-state index < -0.39 is 18.2 Å². The number of carboxylic acid groups (broad SMARTS) is 1. The maximum atomic E-state index is 10.2. The fraction of sp³-hybridized carbons (Fsp3) is 0.250. The minimum absolute atomic E-state index is 0.331. The molecule has 4 heteroatoms. The zero-order valence-corrected chi connectivity index (χ0v) is 8.65. The van der Waals surface area contributed by atoms with Gasteiger partial charge in [0.1, 0.15) is 0 Å². The van der Waals surface area contributed by atoms with Crippen molar-refractivity contribution in [3.8, 4) is 0 Å². The van der Waals surface area contributed by atoms with Crippen LogP contribution in [0.5, 0.6) is 0 Å². The summed E-state index contributed by atoms with van der Waals surface area (Å²) in [5.74, 6) is -0.879. The molecule has 2 rings (SSSR count). The van der Waals surface area contributed by atoms with E-state index in [0.717, 1.165) is 0 Å². The molecule has 0 heterocycles. The van der Waals surface area contributed by atoms with Crippen LogP contribution in [0.2, 0.25) is 0 Å². The predicted octanol–water partition coefficient (Wildman–Crippen LogP) is 1.05. The summed E-state index contributed by atoms with van der Waals surface area (Å²) in [6.45, 7) is 0. The van der Waals surface area contributed by atoms with Crippen LogP contribution in [0.4, 0.5) is 0 Å². The van der Waals surface area contributed by atoms with Crippen molar-refractivity contribution in [2.24, 2.45) is 0 Å². The monoisotopic (exact) mass is 222 g/mol. The van der Waals surface area contributed by atoms with E-state index in [9.17, 15) is 4.79 Å². The highest BCUT2D eigenvalue weighted by Gasteiger charge is 2.11. The SMILES string of the molecule is O=C(O)c1ccccc1.O[C@@H]1C=C[C@H](O)C1. The maximum absolute atomic E-state index is 10.2. The van der Waals surface area contributed by atoms with Gasteiger partial charge in [0.05, 0.1) is 17.8 Å². The molecule has 0 saturated carbocycles. The third kappa shape index (κ3) is 4.25. The molecule has 1 aliphatic carbocycles. The summed E-state index contributed by atoms with van der Waals surface area (Å²) in [6, 6.07) is 8.30. The van der Waals surface area contributed by atoms with Gasteiger partial charge in [-0.3, -0.25) is 0 Å². The minimum atomic E-state index is -0.879. The first kappa shape index (κ1) is 12.4. The van der Waals surface area contributed by atoms with E-state index in [1.807, 2.05) is 0 Å². The molecule has 0 bridgehead atoms. The fourth-order valence-electron chi connectivity index (χ4n) is 1.24. The van der Waals surface area contributed by atoms with Crippen molar-refractivity contribution in [1.29, 1.82) is 0 Å². The molecule has 0 saturated heterocycles. The number of aliphatic hydroxyl groups is 2. The number of hydrogen-bond donors (Lipinski definition) is 3. The molecule has 1 aliphatic rings. The molecular formula is C12H14O4. The second kappa shape index (κ2) is 6.05. The van der Waals surface area contributed by atoms with Crippen molar-refractivity contribution in [1.82, 2.24) is 0 Å². The first-order chi connectivity index (χ1) is 7.59. The van der Waals surface area contributed by atoms with E-state index in [4.69, 9.17) is 15.3 Å². The number of carboxylic acids is 1. The molecule has 0 spiro atoms. The molecule has 0 amide bonds. The van der Waals surface area contributed by atoms with E-state index in [1.165, 1.54) is 0 Å². The van der Waals surface area contributed by atoms with Gasteiger partial charge in [-0.1, -0.05) is 30.4 Å². The molecule has 16 heavy (non-hydrogen) atoms. The zero-order chi connectivity index (χ0) is 12.0. The lowest BCUT2D eigenvalue weighted by Crippen LogP contribution is -2.04. The number of aliphatic hydroxyl groups excluding tert-OH is 2. The van der Waals surface area contributed by atoms with Crippen LogP contribution >= 0.6 is 0 Å². The van der Waals surface area contributed by atoms with Crippen molar-refractivity contribution in [3.63, 3.8) is 0 Å². The lowest BCUT2D eigenvalue weighted by molar-refractivity contribution is 0.0697. The fourth-order valence-corrected chi connectivity index (χ4v) is 1.24. The molecule has 1 aromatic carbocycles. The Balaban J connectivity index is 0.000000165. The summed E-state index contributed by atoms with van der Waals surface area (Å²) in [7, 11) is 0. The molecule has 0 aliphatic heterocycles.